The number of hydrogen-bond acceptors (Lipinski definition) is 5. The van der Waals surface area contributed by atoms with Crippen molar-refractivity contribution < 1.29 is 18.6 Å². The predicted molar refractivity (Wildman–Crippen MR) is 61.1 cm³/mol. The number of anilines is 1. The number of rotatable bonds is 2. The predicted octanol–water partition coefficient (Wildman–Crippen LogP) is 1.54. The summed E-state index contributed by atoms with van der Waals surface area (Å²) in [6, 6.07) is 1.22. The second kappa shape index (κ2) is 3.80. The number of nitrogens with two attached hydrogens (primary N) is 1. The van der Waals surface area contributed by atoms with E-state index >= 15 is 0 Å². The highest BCUT2D eigenvalue weighted by atomic mass is 19.1. The van der Waals surface area contributed by atoms with Crippen LogP contribution in [0.4, 0.5) is 10.2 Å². The fourth-order valence-corrected chi connectivity index (χ4v) is 1.93. The number of methoxy groups -OCH3 is 1. The molecule has 0 spiro atoms. The number of nitrogen functional groups attached to an aromatic ring is 1. The summed E-state index contributed by atoms with van der Waals surface area (Å²) in [6.45, 7) is 0.0344. The lowest BCUT2D eigenvalue weighted by Gasteiger charge is -2.11. The zero-order valence-electron chi connectivity index (χ0n) is 9.49. The van der Waals surface area contributed by atoms with E-state index in [4.69, 9.17) is 19.9 Å². The number of nitrogens with one attached hydrogen (secondary N) is 1. The first-order valence-electron chi connectivity index (χ1n) is 5.17. The smallest absolute Gasteiger partial charge is 0.231 e. The van der Waals surface area contributed by atoms with Crippen molar-refractivity contribution in [2.45, 2.75) is 0 Å². The zero-order chi connectivity index (χ0) is 12.7. The molecule has 7 heteroatoms. The molecule has 0 radical (unpaired) electrons. The third-order valence-electron chi connectivity index (χ3n) is 2.71. The number of aromatic nitrogens is 2. The van der Waals surface area contributed by atoms with Gasteiger partial charge in [-0.15, -0.1) is 0 Å². The lowest BCUT2D eigenvalue weighted by Crippen LogP contribution is -1.96. The van der Waals surface area contributed by atoms with Crippen LogP contribution in [0.2, 0.25) is 0 Å². The third kappa shape index (κ3) is 1.37. The van der Waals surface area contributed by atoms with E-state index in [0.717, 1.165) is 0 Å². The van der Waals surface area contributed by atoms with Gasteiger partial charge in [-0.25, -0.2) is 4.39 Å². The Hall–Kier alpha value is -2.44. The molecule has 3 N–H and O–H groups in total. The summed E-state index contributed by atoms with van der Waals surface area (Å²) in [6.07, 6.45) is 1.48. The highest BCUT2D eigenvalue weighted by Gasteiger charge is 2.28. The number of ether oxygens (including phenoxy) is 3. The second-order valence-corrected chi connectivity index (χ2v) is 3.70. The highest BCUT2D eigenvalue weighted by Crippen LogP contribution is 2.49. The third-order valence-corrected chi connectivity index (χ3v) is 2.71. The van der Waals surface area contributed by atoms with E-state index < -0.39 is 5.82 Å². The SMILES string of the molecule is COc1c(F)cc2c(c1-c1cn[nH]c1N)OCO2. The Kier molecular flexibility index (Phi) is 2.26. The topological polar surface area (TPSA) is 82.4 Å². The molecular formula is C11H10FN3O3. The average Bonchev–Trinajstić information content (AvgIpc) is 2.96. The number of nitrogens with zero attached hydrogens (tertiary/aromatic N) is 1. The van der Waals surface area contributed by atoms with Gasteiger partial charge in [0.25, 0.3) is 0 Å². The van der Waals surface area contributed by atoms with E-state index in [0.29, 0.717) is 28.4 Å². The summed E-state index contributed by atoms with van der Waals surface area (Å²) in [5.41, 5.74) is 6.65. The van der Waals surface area contributed by atoms with Gasteiger partial charge in [0, 0.05) is 6.07 Å². The Morgan fingerprint density at radius 2 is 2.33 bits per heavy atom. The standard InChI is InChI=1S/C11H10FN3O3/c1-16-9-6(12)2-7-10(18-4-17-7)8(9)5-3-14-15-11(5)13/h2-3H,4H2,1H3,(H3,13,14,15). The molecule has 3 rings (SSSR count). The maximum absolute atomic E-state index is 13.9. The Morgan fingerprint density at radius 3 is 3.00 bits per heavy atom. The first kappa shape index (κ1) is 10.7. The Balaban J connectivity index is 2.33. The molecule has 94 valence electrons. The molecule has 0 bridgehead atoms. The molecule has 1 aromatic heterocycles. The van der Waals surface area contributed by atoms with Gasteiger partial charge >= 0.3 is 0 Å². The zero-order valence-corrected chi connectivity index (χ0v) is 9.49. The van der Waals surface area contributed by atoms with Crippen LogP contribution in [0.5, 0.6) is 17.2 Å². The van der Waals surface area contributed by atoms with Crippen molar-refractivity contribution in [1.29, 1.82) is 0 Å². The van der Waals surface area contributed by atoms with E-state index in [9.17, 15) is 4.39 Å². The summed E-state index contributed by atoms with van der Waals surface area (Å²) in [7, 11) is 1.38. The summed E-state index contributed by atoms with van der Waals surface area (Å²) in [5, 5.41) is 6.39. The molecule has 0 atom stereocenters. The van der Waals surface area contributed by atoms with Crippen LogP contribution in [0.15, 0.2) is 12.3 Å². The highest BCUT2D eigenvalue weighted by molar-refractivity contribution is 5.85. The Bertz CT molecular complexity index is 608. The first-order valence-corrected chi connectivity index (χ1v) is 5.17. The quantitative estimate of drug-likeness (QED) is 0.845. The summed E-state index contributed by atoms with van der Waals surface area (Å²) in [5.74, 6) is 0.534. The molecule has 0 saturated carbocycles. The number of fused-ring (bicyclic) bond motifs is 1. The van der Waals surface area contributed by atoms with Crippen LogP contribution in [-0.2, 0) is 0 Å². The monoisotopic (exact) mass is 251 g/mol. The Morgan fingerprint density at radius 1 is 1.50 bits per heavy atom. The number of hydrogen-bond donors (Lipinski definition) is 2. The molecule has 0 fully saturated rings. The fraction of sp³-hybridized carbons (Fsp3) is 0.182. The fourth-order valence-electron chi connectivity index (χ4n) is 1.93. The molecule has 1 aromatic carbocycles. The molecule has 1 aliphatic heterocycles. The van der Waals surface area contributed by atoms with E-state index in [1.807, 2.05) is 0 Å². The van der Waals surface area contributed by atoms with Gasteiger partial charge in [0.2, 0.25) is 6.79 Å². The maximum Gasteiger partial charge on any atom is 0.231 e. The van der Waals surface area contributed by atoms with Gasteiger partial charge in [-0.1, -0.05) is 0 Å². The number of benzene rings is 1. The minimum Gasteiger partial charge on any atom is -0.493 e. The van der Waals surface area contributed by atoms with E-state index in [1.165, 1.54) is 19.4 Å². The lowest BCUT2D eigenvalue weighted by molar-refractivity contribution is 0.174. The first-order chi connectivity index (χ1) is 8.72. The minimum absolute atomic E-state index is 0.0344. The van der Waals surface area contributed by atoms with Gasteiger partial charge in [-0.05, 0) is 0 Å². The average molecular weight is 251 g/mol. The molecule has 0 unspecified atom stereocenters. The van der Waals surface area contributed by atoms with Crippen LogP contribution in [0.3, 0.4) is 0 Å². The molecule has 0 saturated heterocycles. The molecule has 0 amide bonds. The number of halogens is 1. The van der Waals surface area contributed by atoms with Crippen molar-refractivity contribution >= 4 is 5.82 Å². The van der Waals surface area contributed by atoms with Crippen molar-refractivity contribution in [1.82, 2.24) is 10.2 Å². The van der Waals surface area contributed by atoms with Crippen molar-refractivity contribution in [2.24, 2.45) is 0 Å². The molecule has 0 aliphatic carbocycles. The largest absolute Gasteiger partial charge is 0.493 e. The molecule has 18 heavy (non-hydrogen) atoms. The lowest BCUT2D eigenvalue weighted by atomic mass is 10.0. The molecule has 6 nitrogen and oxygen atoms in total. The van der Waals surface area contributed by atoms with Gasteiger partial charge in [-0.3, -0.25) is 5.10 Å². The van der Waals surface area contributed by atoms with Crippen LogP contribution in [-0.4, -0.2) is 24.1 Å². The van der Waals surface area contributed by atoms with Gasteiger partial charge in [0.05, 0.1) is 24.4 Å². The molecular weight excluding hydrogens is 241 g/mol. The maximum atomic E-state index is 13.9. The summed E-state index contributed by atoms with van der Waals surface area (Å²) in [4.78, 5) is 0. The van der Waals surface area contributed by atoms with Crippen LogP contribution < -0.4 is 19.9 Å². The van der Waals surface area contributed by atoms with Gasteiger partial charge in [0.1, 0.15) is 5.82 Å². The summed E-state index contributed by atoms with van der Waals surface area (Å²) < 4.78 is 29.5. The van der Waals surface area contributed by atoms with Crippen molar-refractivity contribution in [3.8, 4) is 28.4 Å². The van der Waals surface area contributed by atoms with Crippen molar-refractivity contribution in [3.63, 3.8) is 0 Å². The normalized spacial score (nSPS) is 12.8. The van der Waals surface area contributed by atoms with E-state index in [1.54, 1.807) is 0 Å². The van der Waals surface area contributed by atoms with E-state index in [-0.39, 0.29) is 12.5 Å². The van der Waals surface area contributed by atoms with Crippen molar-refractivity contribution in [2.75, 3.05) is 19.6 Å². The van der Waals surface area contributed by atoms with E-state index in [2.05, 4.69) is 10.2 Å². The van der Waals surface area contributed by atoms with Gasteiger partial charge < -0.3 is 19.9 Å². The number of H-pyrrole nitrogens is 1. The second-order valence-electron chi connectivity index (χ2n) is 3.70. The minimum atomic E-state index is -0.544. The Labute approximate surface area is 101 Å². The van der Waals surface area contributed by atoms with Crippen LogP contribution >= 0.6 is 0 Å². The summed E-state index contributed by atoms with van der Waals surface area (Å²) >= 11 is 0. The van der Waals surface area contributed by atoms with Crippen molar-refractivity contribution in [3.05, 3.63) is 18.1 Å². The van der Waals surface area contributed by atoms with Gasteiger partial charge in [0.15, 0.2) is 23.1 Å². The number of aromatic amines is 1. The molecule has 2 heterocycles. The van der Waals surface area contributed by atoms with Crippen LogP contribution in [0.25, 0.3) is 11.1 Å². The van der Waals surface area contributed by atoms with Crippen LogP contribution in [0.1, 0.15) is 0 Å². The van der Waals surface area contributed by atoms with Gasteiger partial charge in [-0.2, -0.15) is 5.10 Å². The van der Waals surface area contributed by atoms with Crippen LogP contribution in [0, 0.1) is 5.82 Å². The molecule has 1 aliphatic rings. The molecule has 2 aromatic rings.